The lowest BCUT2D eigenvalue weighted by atomic mass is 10.1. The molecule has 3 aromatic carbocycles. The Balaban J connectivity index is 1.96. The van der Waals surface area contributed by atoms with Crippen molar-refractivity contribution in [2.75, 3.05) is 10.8 Å². The summed E-state index contributed by atoms with van der Waals surface area (Å²) in [4.78, 5) is 11.2. The van der Waals surface area contributed by atoms with Crippen LogP contribution in [0.2, 0.25) is 5.02 Å². The second-order valence-electron chi connectivity index (χ2n) is 7.65. The maximum absolute atomic E-state index is 13.5. The van der Waals surface area contributed by atoms with Gasteiger partial charge in [-0.1, -0.05) is 55.8 Å². The molecule has 0 atom stereocenters. The van der Waals surface area contributed by atoms with Crippen molar-refractivity contribution in [1.82, 2.24) is 0 Å². The maximum atomic E-state index is 13.5. The Bertz CT molecular complexity index is 1180. The monoisotopic (exact) mass is 473 g/mol. The third kappa shape index (κ3) is 5.60. The van der Waals surface area contributed by atoms with Gasteiger partial charge >= 0.3 is 5.97 Å². The Morgan fingerprint density at radius 2 is 1.69 bits per heavy atom. The highest BCUT2D eigenvalue weighted by Gasteiger charge is 2.28. The molecule has 6 nitrogen and oxygen atoms in total. The van der Waals surface area contributed by atoms with E-state index in [2.05, 4.69) is 0 Å². The molecule has 0 heterocycles. The van der Waals surface area contributed by atoms with Crippen molar-refractivity contribution in [3.05, 3.63) is 88.9 Å². The van der Waals surface area contributed by atoms with Crippen LogP contribution in [-0.2, 0) is 16.6 Å². The number of carboxylic acids is 1. The molecule has 168 valence electrons. The second-order valence-corrected chi connectivity index (χ2v) is 9.94. The molecule has 1 N–H and O–H groups in total. The number of hydrogen-bond acceptors (Lipinski definition) is 4. The van der Waals surface area contributed by atoms with Crippen LogP contribution in [-0.4, -0.2) is 26.0 Å². The Kier molecular flexibility index (Phi) is 7.43. The first kappa shape index (κ1) is 23.6. The summed E-state index contributed by atoms with van der Waals surface area (Å²) < 4.78 is 34.2. The second kappa shape index (κ2) is 10.1. The minimum absolute atomic E-state index is 0.0561. The zero-order valence-electron chi connectivity index (χ0n) is 17.7. The first-order valence-electron chi connectivity index (χ1n) is 10.0. The Hall–Kier alpha value is -3.03. The number of rotatable bonds is 9. The lowest BCUT2D eigenvalue weighted by Gasteiger charge is -2.28. The molecule has 0 amide bonds. The fraction of sp³-hybridized carbons (Fsp3) is 0.208. The molecule has 0 aliphatic carbocycles. The third-order valence-electron chi connectivity index (χ3n) is 4.65. The zero-order chi connectivity index (χ0) is 23.3. The van der Waals surface area contributed by atoms with Crippen molar-refractivity contribution in [2.24, 2.45) is 5.92 Å². The van der Waals surface area contributed by atoms with Crippen molar-refractivity contribution in [3.63, 3.8) is 0 Å². The molecule has 0 aliphatic heterocycles. The minimum atomic E-state index is -3.84. The molecule has 0 unspecified atom stereocenters. The number of sulfonamides is 1. The lowest BCUT2D eigenvalue weighted by Crippen LogP contribution is -2.34. The molecule has 0 aliphatic rings. The topological polar surface area (TPSA) is 83.9 Å². The van der Waals surface area contributed by atoms with Gasteiger partial charge < -0.3 is 9.84 Å². The van der Waals surface area contributed by atoms with Gasteiger partial charge in [0.25, 0.3) is 10.0 Å². The highest BCUT2D eigenvalue weighted by Crippen LogP contribution is 2.36. The van der Waals surface area contributed by atoms with E-state index in [4.69, 9.17) is 21.4 Å². The van der Waals surface area contributed by atoms with E-state index in [9.17, 15) is 13.2 Å². The van der Waals surface area contributed by atoms with Gasteiger partial charge in [0.05, 0.1) is 16.1 Å². The zero-order valence-corrected chi connectivity index (χ0v) is 19.3. The number of ether oxygens (including phenoxy) is 1. The van der Waals surface area contributed by atoms with Gasteiger partial charge in [-0.25, -0.2) is 13.2 Å². The van der Waals surface area contributed by atoms with E-state index in [0.29, 0.717) is 16.5 Å². The Morgan fingerprint density at radius 3 is 2.28 bits per heavy atom. The molecule has 0 bridgehead atoms. The fourth-order valence-electron chi connectivity index (χ4n) is 3.09. The van der Waals surface area contributed by atoms with Crippen molar-refractivity contribution < 1.29 is 23.1 Å². The van der Waals surface area contributed by atoms with Crippen LogP contribution in [0.5, 0.6) is 5.75 Å². The van der Waals surface area contributed by atoms with Crippen LogP contribution in [0.4, 0.5) is 5.69 Å². The number of nitrogens with zero attached hydrogens (tertiary/aromatic N) is 1. The number of anilines is 1. The van der Waals surface area contributed by atoms with Gasteiger partial charge in [0.2, 0.25) is 0 Å². The molecule has 3 aromatic rings. The molecule has 0 spiro atoms. The van der Waals surface area contributed by atoms with E-state index >= 15 is 0 Å². The molecule has 0 fully saturated rings. The summed E-state index contributed by atoms with van der Waals surface area (Å²) in [7, 11) is -3.84. The first-order chi connectivity index (χ1) is 15.2. The van der Waals surface area contributed by atoms with Crippen LogP contribution < -0.4 is 9.04 Å². The van der Waals surface area contributed by atoms with E-state index in [1.54, 1.807) is 60.7 Å². The first-order valence-corrected chi connectivity index (χ1v) is 11.8. The van der Waals surface area contributed by atoms with Crippen LogP contribution in [0.15, 0.2) is 77.7 Å². The molecule has 0 aromatic heterocycles. The summed E-state index contributed by atoms with van der Waals surface area (Å²) in [5.74, 6) is -0.634. The number of carboxylic acid groups (broad SMARTS) is 1. The maximum Gasteiger partial charge on any atom is 0.335 e. The average Bonchev–Trinajstić information content (AvgIpc) is 2.77. The van der Waals surface area contributed by atoms with Crippen molar-refractivity contribution in [3.8, 4) is 5.75 Å². The van der Waals surface area contributed by atoms with E-state index in [1.807, 2.05) is 13.8 Å². The summed E-state index contributed by atoms with van der Waals surface area (Å²) in [6.07, 6.45) is 0. The van der Waals surface area contributed by atoms with E-state index in [1.165, 1.54) is 16.4 Å². The van der Waals surface area contributed by atoms with E-state index < -0.39 is 16.0 Å². The predicted octanol–water partition coefficient (Wildman–Crippen LogP) is 5.47. The summed E-state index contributed by atoms with van der Waals surface area (Å²) in [6, 6.07) is 19.4. The normalized spacial score (nSPS) is 11.4. The van der Waals surface area contributed by atoms with Crippen LogP contribution in [0, 0.1) is 5.92 Å². The largest absolute Gasteiger partial charge is 0.487 e. The van der Waals surface area contributed by atoms with Crippen LogP contribution in [0.1, 0.15) is 29.8 Å². The van der Waals surface area contributed by atoms with Crippen LogP contribution in [0.25, 0.3) is 0 Å². The van der Waals surface area contributed by atoms with Gasteiger partial charge in [0, 0.05) is 17.6 Å². The molecule has 0 radical (unpaired) electrons. The molecular weight excluding hydrogens is 450 g/mol. The molecule has 0 saturated carbocycles. The molecule has 32 heavy (non-hydrogen) atoms. The van der Waals surface area contributed by atoms with Gasteiger partial charge in [-0.15, -0.1) is 0 Å². The standard InChI is InChI=1S/C24H24ClNO5S/c1-17(2)15-26(32(29,30)21-6-4-3-5-7-21)22-13-12-20(25)14-23(22)31-16-18-8-10-19(11-9-18)24(27)28/h3-14,17H,15-16H2,1-2H3,(H,27,28). The quantitative estimate of drug-likeness (QED) is 0.445. The summed E-state index contributed by atoms with van der Waals surface area (Å²) in [5.41, 5.74) is 1.30. The summed E-state index contributed by atoms with van der Waals surface area (Å²) in [5, 5.41) is 9.45. The van der Waals surface area contributed by atoms with E-state index in [-0.39, 0.29) is 29.5 Å². The van der Waals surface area contributed by atoms with Crippen molar-refractivity contribution in [2.45, 2.75) is 25.3 Å². The number of hydrogen-bond donors (Lipinski definition) is 1. The lowest BCUT2D eigenvalue weighted by molar-refractivity contribution is 0.0697. The highest BCUT2D eigenvalue weighted by molar-refractivity contribution is 7.92. The predicted molar refractivity (Wildman–Crippen MR) is 125 cm³/mol. The Morgan fingerprint density at radius 1 is 1.03 bits per heavy atom. The molecular formula is C24H24ClNO5S. The number of benzene rings is 3. The average molecular weight is 474 g/mol. The highest BCUT2D eigenvalue weighted by atomic mass is 35.5. The van der Waals surface area contributed by atoms with Gasteiger partial charge in [0.1, 0.15) is 12.4 Å². The van der Waals surface area contributed by atoms with Gasteiger partial charge in [-0.05, 0) is 47.9 Å². The van der Waals surface area contributed by atoms with Crippen LogP contribution >= 0.6 is 11.6 Å². The van der Waals surface area contributed by atoms with Crippen LogP contribution in [0.3, 0.4) is 0 Å². The smallest absolute Gasteiger partial charge is 0.335 e. The van der Waals surface area contributed by atoms with Crippen molar-refractivity contribution in [1.29, 1.82) is 0 Å². The molecule has 8 heteroatoms. The summed E-state index contributed by atoms with van der Waals surface area (Å²) >= 11 is 6.18. The summed E-state index contributed by atoms with van der Waals surface area (Å²) in [6.45, 7) is 4.25. The number of halogens is 1. The molecule has 3 rings (SSSR count). The molecule has 0 saturated heterocycles. The number of aromatic carboxylic acids is 1. The van der Waals surface area contributed by atoms with Crippen molar-refractivity contribution >= 4 is 33.3 Å². The fourth-order valence-corrected chi connectivity index (χ4v) is 4.91. The van der Waals surface area contributed by atoms with Gasteiger partial charge in [-0.2, -0.15) is 0 Å². The number of carbonyl (C=O) groups is 1. The minimum Gasteiger partial charge on any atom is -0.487 e. The van der Waals surface area contributed by atoms with E-state index in [0.717, 1.165) is 5.56 Å². The third-order valence-corrected chi connectivity index (χ3v) is 6.68. The Labute approximate surface area is 193 Å². The van der Waals surface area contributed by atoms with Gasteiger partial charge in [-0.3, -0.25) is 4.31 Å². The van der Waals surface area contributed by atoms with Gasteiger partial charge in [0.15, 0.2) is 0 Å². The SMILES string of the molecule is CC(C)CN(c1ccc(Cl)cc1OCc1ccc(C(=O)O)cc1)S(=O)(=O)c1ccccc1.